The summed E-state index contributed by atoms with van der Waals surface area (Å²) in [5.41, 5.74) is 1.77. The molecule has 146 valence electrons. The number of nitrogens with zero attached hydrogens (tertiary/aromatic N) is 1. The van der Waals surface area contributed by atoms with Gasteiger partial charge in [0, 0.05) is 37.1 Å². The van der Waals surface area contributed by atoms with E-state index >= 15 is 0 Å². The van der Waals surface area contributed by atoms with Crippen molar-refractivity contribution < 1.29 is 19.1 Å². The van der Waals surface area contributed by atoms with Crippen LogP contribution in [0, 0.1) is 11.8 Å². The molecule has 27 heavy (non-hydrogen) atoms. The van der Waals surface area contributed by atoms with Crippen LogP contribution in [0.15, 0.2) is 12.1 Å². The molecule has 1 aliphatic carbocycles. The topological polar surface area (TPSA) is 67.9 Å². The number of anilines is 1. The summed E-state index contributed by atoms with van der Waals surface area (Å²) >= 11 is 0. The van der Waals surface area contributed by atoms with Gasteiger partial charge in [-0.1, -0.05) is 0 Å². The maximum Gasteiger partial charge on any atom is 0.229 e. The van der Waals surface area contributed by atoms with Crippen LogP contribution in [0.25, 0.3) is 0 Å². The van der Waals surface area contributed by atoms with Crippen molar-refractivity contribution in [2.24, 2.45) is 11.8 Å². The Hall–Kier alpha value is -2.24. The molecule has 1 saturated heterocycles. The quantitative estimate of drug-likeness (QED) is 0.863. The van der Waals surface area contributed by atoms with Gasteiger partial charge in [0.05, 0.1) is 18.2 Å². The molecule has 2 unspecified atom stereocenters. The first-order valence-corrected chi connectivity index (χ1v) is 10.1. The van der Waals surface area contributed by atoms with Gasteiger partial charge in [0.2, 0.25) is 11.8 Å². The Kier molecular flexibility index (Phi) is 4.98. The van der Waals surface area contributed by atoms with E-state index < -0.39 is 0 Å². The number of hydrogen-bond acceptors (Lipinski definition) is 4. The monoisotopic (exact) mass is 372 g/mol. The molecule has 6 nitrogen and oxygen atoms in total. The number of hydrogen-bond donors (Lipinski definition) is 1. The van der Waals surface area contributed by atoms with Crippen molar-refractivity contribution in [3.05, 3.63) is 17.7 Å². The molecule has 1 saturated carbocycles. The van der Waals surface area contributed by atoms with Crippen LogP contribution in [0.3, 0.4) is 0 Å². The molecular weight excluding hydrogens is 344 g/mol. The van der Waals surface area contributed by atoms with Crippen molar-refractivity contribution in [3.63, 3.8) is 0 Å². The second-order valence-electron chi connectivity index (χ2n) is 7.91. The third-order valence-electron chi connectivity index (χ3n) is 5.59. The van der Waals surface area contributed by atoms with E-state index in [0.29, 0.717) is 24.6 Å². The molecule has 2 fully saturated rings. The van der Waals surface area contributed by atoms with Crippen molar-refractivity contribution in [3.8, 4) is 11.5 Å². The lowest BCUT2D eigenvalue weighted by atomic mass is 9.96. The first kappa shape index (κ1) is 18.1. The van der Waals surface area contributed by atoms with Crippen molar-refractivity contribution in [1.82, 2.24) is 4.90 Å². The summed E-state index contributed by atoms with van der Waals surface area (Å²) in [5.74, 6) is 1.70. The molecule has 1 N–H and O–H groups in total. The van der Waals surface area contributed by atoms with Crippen molar-refractivity contribution in [2.45, 2.75) is 52.1 Å². The number of carbonyl (C=O) groups excluding carboxylic acids is 2. The summed E-state index contributed by atoms with van der Waals surface area (Å²) in [4.78, 5) is 27.1. The molecule has 2 atom stereocenters. The highest BCUT2D eigenvalue weighted by molar-refractivity contribution is 5.95. The van der Waals surface area contributed by atoms with Gasteiger partial charge in [-0.15, -0.1) is 0 Å². The summed E-state index contributed by atoms with van der Waals surface area (Å²) in [6.45, 7) is 5.79. The molecule has 3 aliphatic rings. The minimum absolute atomic E-state index is 0.0461. The van der Waals surface area contributed by atoms with E-state index in [0.717, 1.165) is 50.0 Å². The molecule has 0 bridgehead atoms. The lowest BCUT2D eigenvalue weighted by Gasteiger charge is -2.32. The van der Waals surface area contributed by atoms with Crippen molar-refractivity contribution in [2.75, 3.05) is 25.0 Å². The molecular formula is C21H28N2O4. The summed E-state index contributed by atoms with van der Waals surface area (Å²) in [7, 11) is 0. The number of nitrogens with one attached hydrogen (secondary N) is 1. The zero-order valence-electron chi connectivity index (χ0n) is 16.1. The average Bonchev–Trinajstić information content (AvgIpc) is 3.44. The number of likely N-dealkylation sites (tertiary alicyclic amines) is 1. The predicted octanol–water partition coefficient (Wildman–Crippen LogP) is 3.00. The fourth-order valence-electron chi connectivity index (χ4n) is 4.03. The van der Waals surface area contributed by atoms with Crippen LogP contribution in [-0.2, 0) is 16.0 Å². The first-order valence-electron chi connectivity index (χ1n) is 10.1. The van der Waals surface area contributed by atoms with Gasteiger partial charge in [0.25, 0.3) is 0 Å². The number of carbonyl (C=O) groups is 2. The number of fused-ring (bicyclic) bond motifs is 1. The number of rotatable bonds is 5. The molecule has 1 aromatic carbocycles. The largest absolute Gasteiger partial charge is 0.492 e. The number of amides is 2. The van der Waals surface area contributed by atoms with Crippen LogP contribution < -0.4 is 14.8 Å². The number of piperidine rings is 1. The van der Waals surface area contributed by atoms with Crippen LogP contribution in [0.4, 0.5) is 5.69 Å². The summed E-state index contributed by atoms with van der Waals surface area (Å²) in [6, 6.07) is 3.85. The Morgan fingerprint density at radius 3 is 2.81 bits per heavy atom. The van der Waals surface area contributed by atoms with E-state index in [1.165, 1.54) is 0 Å². The van der Waals surface area contributed by atoms with E-state index in [-0.39, 0.29) is 29.8 Å². The van der Waals surface area contributed by atoms with Crippen LogP contribution in [0.1, 0.15) is 45.1 Å². The highest BCUT2D eigenvalue weighted by Crippen LogP contribution is 2.38. The van der Waals surface area contributed by atoms with Gasteiger partial charge in [0.1, 0.15) is 17.6 Å². The zero-order chi connectivity index (χ0) is 19.0. The highest BCUT2D eigenvalue weighted by atomic mass is 16.5. The first-order chi connectivity index (χ1) is 13.0. The minimum Gasteiger partial charge on any atom is -0.492 e. The van der Waals surface area contributed by atoms with E-state index in [1.807, 2.05) is 30.9 Å². The van der Waals surface area contributed by atoms with Gasteiger partial charge >= 0.3 is 0 Å². The molecule has 0 radical (unpaired) electrons. The minimum atomic E-state index is -0.177. The third-order valence-corrected chi connectivity index (χ3v) is 5.59. The van der Waals surface area contributed by atoms with E-state index in [2.05, 4.69) is 5.32 Å². The van der Waals surface area contributed by atoms with E-state index in [4.69, 9.17) is 9.47 Å². The molecule has 2 heterocycles. The maximum absolute atomic E-state index is 12.9. The highest BCUT2D eigenvalue weighted by Gasteiger charge is 2.37. The summed E-state index contributed by atoms with van der Waals surface area (Å²) in [5, 5.41) is 3.03. The third kappa shape index (κ3) is 3.89. The fourth-order valence-corrected chi connectivity index (χ4v) is 4.03. The predicted molar refractivity (Wildman–Crippen MR) is 102 cm³/mol. The van der Waals surface area contributed by atoms with Gasteiger partial charge < -0.3 is 19.7 Å². The average molecular weight is 372 g/mol. The normalized spacial score (nSPS) is 24.1. The molecule has 1 aromatic rings. The van der Waals surface area contributed by atoms with Crippen LogP contribution in [0.5, 0.6) is 11.5 Å². The van der Waals surface area contributed by atoms with Crippen LogP contribution in [-0.4, -0.2) is 42.5 Å². The Bertz CT molecular complexity index is 744. The second kappa shape index (κ2) is 7.41. The molecule has 0 aromatic heterocycles. The smallest absolute Gasteiger partial charge is 0.229 e. The fraction of sp³-hybridized carbons (Fsp3) is 0.619. The Morgan fingerprint density at radius 2 is 2.07 bits per heavy atom. The maximum atomic E-state index is 12.9. The molecule has 0 spiro atoms. The Balaban J connectivity index is 1.47. The van der Waals surface area contributed by atoms with Gasteiger partial charge in [-0.3, -0.25) is 9.59 Å². The molecule has 6 heteroatoms. The lowest BCUT2D eigenvalue weighted by molar-refractivity contribution is -0.135. The van der Waals surface area contributed by atoms with Crippen LogP contribution >= 0.6 is 0 Å². The summed E-state index contributed by atoms with van der Waals surface area (Å²) in [6.07, 6.45) is 4.67. The molecule has 2 amide bonds. The zero-order valence-corrected chi connectivity index (χ0v) is 16.1. The van der Waals surface area contributed by atoms with E-state index in [9.17, 15) is 9.59 Å². The van der Waals surface area contributed by atoms with Gasteiger partial charge in [-0.25, -0.2) is 0 Å². The molecule has 2 aliphatic heterocycles. The SMILES string of the molecule is CCOc1cc2c(cc1NC(=O)C1CCCN(C(=O)C3CC3)C1)OC(C)C2. The Morgan fingerprint density at radius 1 is 1.26 bits per heavy atom. The second-order valence-corrected chi connectivity index (χ2v) is 7.91. The van der Waals surface area contributed by atoms with Crippen LogP contribution in [0.2, 0.25) is 0 Å². The van der Waals surface area contributed by atoms with Gasteiger partial charge in [0.15, 0.2) is 0 Å². The van der Waals surface area contributed by atoms with Gasteiger partial charge in [-0.05, 0) is 45.6 Å². The van der Waals surface area contributed by atoms with Gasteiger partial charge in [-0.2, -0.15) is 0 Å². The van der Waals surface area contributed by atoms with Crippen molar-refractivity contribution >= 4 is 17.5 Å². The summed E-state index contributed by atoms with van der Waals surface area (Å²) < 4.78 is 11.6. The Labute approximate surface area is 160 Å². The molecule has 4 rings (SSSR count). The lowest BCUT2D eigenvalue weighted by Crippen LogP contribution is -2.44. The number of benzene rings is 1. The number of ether oxygens (including phenoxy) is 2. The van der Waals surface area contributed by atoms with E-state index in [1.54, 1.807) is 0 Å². The standard InChI is InChI=1S/C21H28N2O4/c1-3-26-19-10-16-9-13(2)27-18(16)11-17(19)22-20(24)15-5-4-8-23(12-15)21(25)14-6-7-14/h10-11,13-15H,3-9,12H2,1-2H3,(H,22,24). The van der Waals surface area contributed by atoms with Crippen molar-refractivity contribution in [1.29, 1.82) is 0 Å².